The fourth-order valence-electron chi connectivity index (χ4n) is 2.02. The van der Waals surface area contributed by atoms with Crippen molar-refractivity contribution >= 4 is 22.6 Å². The SMILES string of the molecule is Cn1c(=O)ccc2ccc(NC(=O)NC3CC3)cc21. The highest BCUT2D eigenvalue weighted by Crippen LogP contribution is 2.20. The van der Waals surface area contributed by atoms with E-state index >= 15 is 0 Å². The van der Waals surface area contributed by atoms with Crippen molar-refractivity contribution in [1.29, 1.82) is 0 Å². The molecule has 1 saturated carbocycles. The van der Waals surface area contributed by atoms with Crippen LogP contribution in [0.15, 0.2) is 35.1 Å². The summed E-state index contributed by atoms with van der Waals surface area (Å²) in [7, 11) is 1.72. The Hall–Kier alpha value is -2.30. The Morgan fingerprint density at radius 1 is 1.26 bits per heavy atom. The van der Waals surface area contributed by atoms with Crippen LogP contribution in [0.3, 0.4) is 0 Å². The van der Waals surface area contributed by atoms with Crippen molar-refractivity contribution in [2.24, 2.45) is 7.05 Å². The third kappa shape index (κ3) is 2.45. The Morgan fingerprint density at radius 2 is 2.00 bits per heavy atom. The van der Waals surface area contributed by atoms with Crippen LogP contribution in [-0.4, -0.2) is 16.6 Å². The zero-order chi connectivity index (χ0) is 13.4. The van der Waals surface area contributed by atoms with Crippen LogP contribution in [0.5, 0.6) is 0 Å². The lowest BCUT2D eigenvalue weighted by Crippen LogP contribution is -2.30. The number of hydrogen-bond donors (Lipinski definition) is 2. The maximum atomic E-state index is 11.7. The van der Waals surface area contributed by atoms with Crippen molar-refractivity contribution in [3.05, 3.63) is 40.7 Å². The van der Waals surface area contributed by atoms with Crippen molar-refractivity contribution < 1.29 is 4.79 Å². The van der Waals surface area contributed by atoms with Crippen molar-refractivity contribution in [2.45, 2.75) is 18.9 Å². The summed E-state index contributed by atoms with van der Waals surface area (Å²) in [6, 6.07) is 8.98. The smallest absolute Gasteiger partial charge is 0.319 e. The summed E-state index contributed by atoms with van der Waals surface area (Å²) in [5.74, 6) is 0. The summed E-state index contributed by atoms with van der Waals surface area (Å²) in [6.45, 7) is 0. The number of carbonyl (C=O) groups is 1. The van der Waals surface area contributed by atoms with Gasteiger partial charge in [0.1, 0.15) is 0 Å². The molecule has 1 aliphatic carbocycles. The number of pyridine rings is 1. The average molecular weight is 257 g/mol. The predicted molar refractivity (Wildman–Crippen MR) is 74.4 cm³/mol. The fourth-order valence-corrected chi connectivity index (χ4v) is 2.02. The summed E-state index contributed by atoms with van der Waals surface area (Å²) in [6.07, 6.45) is 2.11. The molecule has 2 aromatic rings. The van der Waals surface area contributed by atoms with Crippen molar-refractivity contribution in [1.82, 2.24) is 9.88 Å². The van der Waals surface area contributed by atoms with Crippen LogP contribution < -0.4 is 16.2 Å². The minimum Gasteiger partial charge on any atom is -0.335 e. The van der Waals surface area contributed by atoms with Gasteiger partial charge in [0.25, 0.3) is 5.56 Å². The summed E-state index contributed by atoms with van der Waals surface area (Å²) in [4.78, 5) is 23.2. The second-order valence-corrected chi connectivity index (χ2v) is 4.88. The highest BCUT2D eigenvalue weighted by molar-refractivity contribution is 5.92. The first-order valence-electron chi connectivity index (χ1n) is 6.31. The Morgan fingerprint density at radius 3 is 2.74 bits per heavy atom. The molecule has 0 aliphatic heterocycles. The van der Waals surface area contributed by atoms with Gasteiger partial charge in [0.05, 0.1) is 5.52 Å². The molecule has 0 saturated heterocycles. The van der Waals surface area contributed by atoms with E-state index in [1.54, 1.807) is 17.7 Å². The van der Waals surface area contributed by atoms with E-state index in [9.17, 15) is 9.59 Å². The van der Waals surface area contributed by atoms with Gasteiger partial charge in [0.15, 0.2) is 0 Å². The highest BCUT2D eigenvalue weighted by atomic mass is 16.2. The number of carbonyl (C=O) groups excluding carboxylic acids is 1. The third-order valence-corrected chi connectivity index (χ3v) is 3.30. The first kappa shape index (κ1) is 11.8. The van der Waals surface area contributed by atoms with Crippen LogP contribution in [0.4, 0.5) is 10.5 Å². The number of rotatable bonds is 2. The van der Waals surface area contributed by atoms with Gasteiger partial charge >= 0.3 is 6.03 Å². The highest BCUT2D eigenvalue weighted by Gasteiger charge is 2.23. The summed E-state index contributed by atoms with van der Waals surface area (Å²) < 4.78 is 1.57. The van der Waals surface area contributed by atoms with Gasteiger partial charge in [-0.1, -0.05) is 6.07 Å². The van der Waals surface area contributed by atoms with Gasteiger partial charge in [-0.25, -0.2) is 4.79 Å². The van der Waals surface area contributed by atoms with Gasteiger partial charge in [0, 0.05) is 24.8 Å². The lowest BCUT2D eigenvalue weighted by molar-refractivity contribution is 0.251. The van der Waals surface area contributed by atoms with Crippen molar-refractivity contribution in [3.8, 4) is 0 Å². The van der Waals surface area contributed by atoms with Crippen LogP contribution in [-0.2, 0) is 7.05 Å². The quantitative estimate of drug-likeness (QED) is 0.862. The topological polar surface area (TPSA) is 63.1 Å². The molecule has 1 aromatic carbocycles. The standard InChI is InChI=1S/C14H15N3O2/c1-17-12-8-11(16-14(19)15-10-5-6-10)4-2-9(12)3-7-13(17)18/h2-4,7-8,10H,5-6H2,1H3,(H2,15,16,19). The average Bonchev–Trinajstić information content (AvgIpc) is 3.18. The van der Waals surface area contributed by atoms with E-state index in [1.807, 2.05) is 18.2 Å². The van der Waals surface area contributed by atoms with Gasteiger partial charge in [-0.05, 0) is 36.4 Å². The van der Waals surface area contributed by atoms with Crippen LogP contribution in [0.1, 0.15) is 12.8 Å². The van der Waals surface area contributed by atoms with Gasteiger partial charge in [-0.15, -0.1) is 0 Å². The van der Waals surface area contributed by atoms with Crippen LogP contribution in [0, 0.1) is 0 Å². The Bertz CT molecular complexity index is 701. The number of hydrogen-bond acceptors (Lipinski definition) is 2. The molecule has 1 aliphatic rings. The van der Waals surface area contributed by atoms with E-state index in [0.717, 1.165) is 23.7 Å². The minimum atomic E-state index is -0.192. The van der Waals surface area contributed by atoms with Gasteiger partial charge in [0.2, 0.25) is 0 Å². The van der Waals surface area contributed by atoms with Crippen LogP contribution in [0.2, 0.25) is 0 Å². The molecule has 1 heterocycles. The number of amides is 2. The number of anilines is 1. The Labute approximate surface area is 110 Å². The summed E-state index contributed by atoms with van der Waals surface area (Å²) in [5, 5.41) is 6.61. The molecular formula is C14H15N3O2. The second-order valence-electron chi connectivity index (χ2n) is 4.88. The monoisotopic (exact) mass is 257 g/mol. The number of nitrogens with zero attached hydrogens (tertiary/aromatic N) is 1. The molecule has 3 rings (SSSR count). The predicted octanol–water partition coefficient (Wildman–Crippen LogP) is 1.82. The molecule has 0 atom stereocenters. The zero-order valence-electron chi connectivity index (χ0n) is 10.6. The molecule has 2 N–H and O–H groups in total. The molecule has 2 amide bonds. The van der Waals surface area contributed by atoms with E-state index in [-0.39, 0.29) is 11.6 Å². The second kappa shape index (κ2) is 4.42. The molecular weight excluding hydrogens is 242 g/mol. The number of nitrogens with one attached hydrogen (secondary N) is 2. The van der Waals surface area contributed by atoms with E-state index < -0.39 is 0 Å². The maximum Gasteiger partial charge on any atom is 0.319 e. The molecule has 98 valence electrons. The minimum absolute atomic E-state index is 0.0629. The molecule has 1 aromatic heterocycles. The van der Waals surface area contributed by atoms with E-state index in [1.165, 1.54) is 6.07 Å². The fraction of sp³-hybridized carbons (Fsp3) is 0.286. The van der Waals surface area contributed by atoms with Gasteiger partial charge in [-0.2, -0.15) is 0 Å². The largest absolute Gasteiger partial charge is 0.335 e. The number of aryl methyl sites for hydroxylation is 1. The number of fused-ring (bicyclic) bond motifs is 1. The van der Waals surface area contributed by atoms with E-state index in [0.29, 0.717) is 11.7 Å². The molecule has 0 bridgehead atoms. The number of urea groups is 1. The van der Waals surface area contributed by atoms with Crippen molar-refractivity contribution in [3.63, 3.8) is 0 Å². The zero-order valence-corrected chi connectivity index (χ0v) is 10.6. The molecule has 0 spiro atoms. The third-order valence-electron chi connectivity index (χ3n) is 3.30. The van der Waals surface area contributed by atoms with Crippen LogP contribution >= 0.6 is 0 Å². The molecule has 5 heteroatoms. The van der Waals surface area contributed by atoms with Crippen molar-refractivity contribution in [2.75, 3.05) is 5.32 Å². The van der Waals surface area contributed by atoms with Gasteiger partial charge in [-0.3, -0.25) is 4.79 Å². The van der Waals surface area contributed by atoms with Gasteiger partial charge < -0.3 is 15.2 Å². The van der Waals surface area contributed by atoms with Crippen LogP contribution in [0.25, 0.3) is 10.9 Å². The summed E-state index contributed by atoms with van der Waals surface area (Å²) in [5.41, 5.74) is 1.43. The lowest BCUT2D eigenvalue weighted by Gasteiger charge is -2.09. The number of aromatic nitrogens is 1. The normalized spacial score (nSPS) is 14.4. The number of benzene rings is 1. The van der Waals surface area contributed by atoms with E-state index in [2.05, 4.69) is 10.6 Å². The Balaban J connectivity index is 1.89. The first-order chi connectivity index (χ1) is 9.13. The lowest BCUT2D eigenvalue weighted by atomic mass is 10.2. The molecule has 1 fully saturated rings. The first-order valence-corrected chi connectivity index (χ1v) is 6.31. The van der Waals surface area contributed by atoms with E-state index in [4.69, 9.17) is 0 Å². The Kier molecular flexibility index (Phi) is 2.74. The summed E-state index contributed by atoms with van der Waals surface area (Å²) >= 11 is 0. The molecule has 0 radical (unpaired) electrons. The molecule has 19 heavy (non-hydrogen) atoms. The maximum absolute atomic E-state index is 11.7. The molecule has 0 unspecified atom stereocenters. The molecule has 5 nitrogen and oxygen atoms in total.